The molecule has 1 aliphatic heterocycles. The Morgan fingerprint density at radius 1 is 0.700 bits per heavy atom. The van der Waals surface area contributed by atoms with Gasteiger partial charge < -0.3 is 4.90 Å². The highest BCUT2D eigenvalue weighted by Crippen LogP contribution is 2.62. The summed E-state index contributed by atoms with van der Waals surface area (Å²) in [5.74, 6) is 0.776. The summed E-state index contributed by atoms with van der Waals surface area (Å²) in [5.41, 5.74) is 1.13. The van der Waals surface area contributed by atoms with Crippen LogP contribution in [0.4, 0.5) is 5.69 Å². The number of nitriles is 2. The van der Waals surface area contributed by atoms with Crippen LogP contribution >= 0.6 is 0 Å². The van der Waals surface area contributed by atoms with Gasteiger partial charge in [0.1, 0.15) is 11.1 Å². The van der Waals surface area contributed by atoms with E-state index < -0.39 is 11.1 Å². The van der Waals surface area contributed by atoms with Gasteiger partial charge in [0.2, 0.25) is 0 Å². The van der Waals surface area contributed by atoms with E-state index in [1.54, 1.807) is 0 Å². The Labute approximate surface area is 179 Å². The predicted octanol–water partition coefficient (Wildman–Crippen LogP) is 6.20. The van der Waals surface area contributed by atoms with Gasteiger partial charge in [-0.15, -0.1) is 0 Å². The number of piperidine rings is 1. The zero-order valence-electron chi connectivity index (χ0n) is 17.5. The van der Waals surface area contributed by atoms with Crippen molar-refractivity contribution >= 4 is 5.69 Å². The molecule has 1 saturated heterocycles. The Bertz CT molecular complexity index is 931. The zero-order valence-corrected chi connectivity index (χ0v) is 17.5. The van der Waals surface area contributed by atoms with Gasteiger partial charge >= 0.3 is 0 Å². The van der Waals surface area contributed by atoms with Crippen molar-refractivity contribution in [3.63, 3.8) is 0 Å². The molecule has 0 radical (unpaired) electrons. The maximum absolute atomic E-state index is 10.8. The largest absolute Gasteiger partial charge is 0.334 e. The smallest absolute Gasteiger partial charge is 0.132 e. The van der Waals surface area contributed by atoms with Gasteiger partial charge in [0.05, 0.1) is 12.1 Å². The van der Waals surface area contributed by atoms with Gasteiger partial charge in [0, 0.05) is 17.5 Å². The molecule has 0 aromatic heterocycles. The van der Waals surface area contributed by atoms with E-state index in [-0.39, 0.29) is 17.8 Å². The minimum atomic E-state index is -0.621. The van der Waals surface area contributed by atoms with Gasteiger partial charge in [-0.2, -0.15) is 10.5 Å². The second-order valence-electron chi connectivity index (χ2n) is 9.38. The van der Waals surface area contributed by atoms with Gasteiger partial charge in [-0.05, 0) is 49.3 Å². The molecule has 3 nitrogen and oxygen atoms in total. The van der Waals surface area contributed by atoms with E-state index in [0.29, 0.717) is 0 Å². The molecule has 2 saturated carbocycles. The molecule has 3 heteroatoms. The van der Waals surface area contributed by atoms with Gasteiger partial charge in [-0.25, -0.2) is 0 Å². The van der Waals surface area contributed by atoms with Gasteiger partial charge in [0.25, 0.3) is 0 Å². The number of hydrogen-bond acceptors (Lipinski definition) is 3. The van der Waals surface area contributed by atoms with Crippen molar-refractivity contribution in [1.29, 1.82) is 10.5 Å². The number of anilines is 1. The van der Waals surface area contributed by atoms with Crippen molar-refractivity contribution in [3.05, 3.63) is 66.2 Å². The van der Waals surface area contributed by atoms with Crippen LogP contribution in [0.5, 0.6) is 0 Å². The third-order valence-electron chi connectivity index (χ3n) is 8.12. The van der Waals surface area contributed by atoms with E-state index in [4.69, 9.17) is 0 Å². The van der Waals surface area contributed by atoms with E-state index in [1.165, 1.54) is 18.4 Å². The molecule has 0 N–H and O–H groups in total. The first-order chi connectivity index (χ1) is 14.8. The van der Waals surface area contributed by atoms with E-state index in [9.17, 15) is 10.5 Å². The standard InChI is InChI=1S/C27H29N3/c28-19-26-17-9-7-15-23(26)25(21-11-3-1-4-12-21)24-16-8-10-18-27(24,20-29)30(26)22-13-5-2-6-14-22/h1-6,11-14,23-25H,7-10,15-18H2/t23-,24-,26+,27+/m1/s1. The summed E-state index contributed by atoms with van der Waals surface area (Å²) < 4.78 is 0. The van der Waals surface area contributed by atoms with Crippen LogP contribution in [0.2, 0.25) is 0 Å². The van der Waals surface area contributed by atoms with E-state index >= 15 is 0 Å². The molecule has 0 spiro atoms. The average molecular weight is 396 g/mol. The fourth-order valence-electron chi connectivity index (χ4n) is 7.07. The van der Waals surface area contributed by atoms with Crippen molar-refractivity contribution in [2.75, 3.05) is 4.90 Å². The molecule has 4 atom stereocenters. The minimum Gasteiger partial charge on any atom is -0.334 e. The summed E-state index contributed by atoms with van der Waals surface area (Å²) in [7, 11) is 0. The van der Waals surface area contributed by atoms with Gasteiger partial charge in [-0.3, -0.25) is 0 Å². The lowest BCUT2D eigenvalue weighted by molar-refractivity contribution is 0.0360. The van der Waals surface area contributed by atoms with Crippen molar-refractivity contribution in [2.45, 2.75) is 68.4 Å². The van der Waals surface area contributed by atoms with E-state index in [0.717, 1.165) is 44.2 Å². The quantitative estimate of drug-likeness (QED) is 0.609. The molecular weight excluding hydrogens is 366 g/mol. The molecule has 152 valence electrons. The molecule has 2 aliphatic carbocycles. The molecular formula is C27H29N3. The number of fused-ring (bicyclic) bond motifs is 2. The highest BCUT2D eigenvalue weighted by Gasteiger charge is 2.65. The first kappa shape index (κ1) is 19.2. The number of rotatable bonds is 2. The lowest BCUT2D eigenvalue weighted by Gasteiger charge is -2.65. The summed E-state index contributed by atoms with van der Waals surface area (Å²) >= 11 is 0. The lowest BCUT2D eigenvalue weighted by atomic mass is 9.51. The third-order valence-corrected chi connectivity index (χ3v) is 8.12. The number of hydrogen-bond donors (Lipinski definition) is 0. The molecule has 2 aromatic rings. The monoisotopic (exact) mass is 395 g/mol. The Hall–Kier alpha value is -2.78. The Kier molecular flexibility index (Phi) is 4.79. The Morgan fingerprint density at radius 2 is 1.20 bits per heavy atom. The molecule has 3 fully saturated rings. The molecule has 2 aromatic carbocycles. The molecule has 1 heterocycles. The van der Waals surface area contributed by atoms with Crippen LogP contribution in [-0.4, -0.2) is 11.1 Å². The van der Waals surface area contributed by atoms with Crippen LogP contribution in [-0.2, 0) is 0 Å². The predicted molar refractivity (Wildman–Crippen MR) is 119 cm³/mol. The average Bonchev–Trinajstić information content (AvgIpc) is 2.83. The summed E-state index contributed by atoms with van der Waals surface area (Å²) in [6.07, 6.45) is 8.29. The summed E-state index contributed by atoms with van der Waals surface area (Å²) in [4.78, 5) is 2.33. The Morgan fingerprint density at radius 3 is 1.70 bits per heavy atom. The highest BCUT2D eigenvalue weighted by atomic mass is 15.3. The molecule has 0 amide bonds. The van der Waals surface area contributed by atoms with Crippen molar-refractivity contribution < 1.29 is 0 Å². The van der Waals surface area contributed by atoms with Crippen LogP contribution in [0.1, 0.15) is 62.8 Å². The maximum Gasteiger partial charge on any atom is 0.132 e. The summed E-state index contributed by atoms with van der Waals surface area (Å²) in [6, 6.07) is 26.8. The van der Waals surface area contributed by atoms with Crippen LogP contribution in [0.3, 0.4) is 0 Å². The number of benzene rings is 2. The SMILES string of the molecule is N#C[C@@]12CCCC[C@@H]1C(c1ccccc1)[C@H]1CCCC[C@@]1(C#N)N2c1ccccc1. The fourth-order valence-corrected chi connectivity index (χ4v) is 7.07. The van der Waals surface area contributed by atoms with Crippen molar-refractivity contribution in [1.82, 2.24) is 0 Å². The second kappa shape index (κ2) is 7.48. The maximum atomic E-state index is 10.8. The normalized spacial score (nSPS) is 35.4. The summed E-state index contributed by atoms with van der Waals surface area (Å²) in [5, 5.41) is 21.5. The van der Waals surface area contributed by atoms with E-state index in [1.807, 2.05) is 18.2 Å². The van der Waals surface area contributed by atoms with Crippen molar-refractivity contribution in [2.24, 2.45) is 11.8 Å². The highest BCUT2D eigenvalue weighted by molar-refractivity contribution is 5.60. The Balaban J connectivity index is 1.78. The molecule has 0 unspecified atom stereocenters. The van der Waals surface area contributed by atoms with Crippen LogP contribution in [0, 0.1) is 34.5 Å². The van der Waals surface area contributed by atoms with E-state index in [2.05, 4.69) is 59.5 Å². The molecule has 3 aliphatic rings. The minimum absolute atomic E-state index is 0.253. The second-order valence-corrected chi connectivity index (χ2v) is 9.38. The van der Waals surface area contributed by atoms with Crippen LogP contribution in [0.15, 0.2) is 60.7 Å². The van der Waals surface area contributed by atoms with Gasteiger partial charge in [0.15, 0.2) is 0 Å². The van der Waals surface area contributed by atoms with Crippen molar-refractivity contribution in [3.8, 4) is 12.1 Å². The zero-order chi connectivity index (χ0) is 20.6. The molecule has 30 heavy (non-hydrogen) atoms. The topological polar surface area (TPSA) is 50.8 Å². The molecule has 5 rings (SSSR count). The first-order valence-corrected chi connectivity index (χ1v) is 11.5. The van der Waals surface area contributed by atoms with Crippen LogP contribution < -0.4 is 4.90 Å². The summed E-state index contributed by atoms with van der Waals surface area (Å²) in [6.45, 7) is 0. The first-order valence-electron chi connectivity index (χ1n) is 11.5. The number of nitrogens with zero attached hydrogens (tertiary/aromatic N) is 3. The fraction of sp³-hybridized carbons (Fsp3) is 0.481. The molecule has 0 bridgehead atoms. The third kappa shape index (κ3) is 2.61. The van der Waals surface area contributed by atoms with Gasteiger partial charge in [-0.1, -0.05) is 74.2 Å². The van der Waals surface area contributed by atoms with Crippen LogP contribution in [0.25, 0.3) is 0 Å². The number of para-hydroxylation sites is 1. The lowest BCUT2D eigenvalue weighted by Crippen LogP contribution is -2.73.